The molecule has 0 atom stereocenters. The number of carboxylic acids is 1. The molecule has 7 heteroatoms. The Balaban J connectivity index is 2.79. The molecule has 0 aliphatic heterocycles. The van der Waals surface area contributed by atoms with Crippen molar-refractivity contribution in [2.24, 2.45) is 0 Å². The van der Waals surface area contributed by atoms with Crippen LogP contribution >= 0.6 is 15.9 Å². The van der Waals surface area contributed by atoms with E-state index in [1.165, 1.54) is 18.3 Å². The van der Waals surface area contributed by atoms with Gasteiger partial charge in [-0.1, -0.05) is 12.7 Å². The number of carboxylic acid groups (broad SMARTS) is 1. The van der Waals surface area contributed by atoms with E-state index in [0.29, 0.717) is 4.47 Å². The van der Waals surface area contributed by atoms with Crippen LogP contribution in [0.25, 0.3) is 0 Å². The summed E-state index contributed by atoms with van der Waals surface area (Å²) in [7, 11) is 0. The number of rotatable bonds is 4. The fourth-order valence-corrected chi connectivity index (χ4v) is 1.33. The molecule has 0 aromatic carbocycles. The van der Waals surface area contributed by atoms with Gasteiger partial charge >= 0.3 is 12.1 Å². The number of hydrogen-bond acceptors (Lipinski definition) is 4. The molecule has 17 heavy (non-hydrogen) atoms. The van der Waals surface area contributed by atoms with Gasteiger partial charge in [0, 0.05) is 6.20 Å². The summed E-state index contributed by atoms with van der Waals surface area (Å²) in [5, 5.41) is 11.1. The molecule has 2 N–H and O–H groups in total. The third-order valence-electron chi connectivity index (χ3n) is 1.65. The number of hydrogen-bond donors (Lipinski definition) is 2. The largest absolute Gasteiger partial charge is 0.478 e. The molecular weight excluding hydrogens is 292 g/mol. The summed E-state index contributed by atoms with van der Waals surface area (Å²) < 4.78 is 4.99. The molecular formula is C10H9BrN2O4. The van der Waals surface area contributed by atoms with Crippen LogP contribution in [0.15, 0.2) is 29.4 Å². The predicted molar refractivity (Wildman–Crippen MR) is 64.1 cm³/mol. The Kier molecular flexibility index (Phi) is 4.65. The molecule has 0 saturated carbocycles. The van der Waals surface area contributed by atoms with Crippen LogP contribution in [0.5, 0.6) is 0 Å². The van der Waals surface area contributed by atoms with Crippen molar-refractivity contribution in [3.63, 3.8) is 0 Å². The zero-order valence-electron chi connectivity index (χ0n) is 8.64. The Morgan fingerprint density at radius 1 is 1.65 bits per heavy atom. The highest BCUT2D eigenvalue weighted by Crippen LogP contribution is 2.18. The molecule has 0 spiro atoms. The molecule has 0 bridgehead atoms. The van der Waals surface area contributed by atoms with Crippen LogP contribution in [0.3, 0.4) is 0 Å². The lowest BCUT2D eigenvalue weighted by Crippen LogP contribution is -2.15. The Bertz CT molecular complexity index is 462. The number of nitrogens with one attached hydrogen (secondary N) is 1. The summed E-state index contributed by atoms with van der Waals surface area (Å²) in [4.78, 5) is 25.8. The van der Waals surface area contributed by atoms with Gasteiger partial charge in [0.1, 0.15) is 12.4 Å². The quantitative estimate of drug-likeness (QED) is 0.833. The van der Waals surface area contributed by atoms with Crippen LogP contribution in [0, 0.1) is 0 Å². The lowest BCUT2D eigenvalue weighted by Gasteiger charge is -2.05. The number of carbonyl (C=O) groups is 2. The maximum absolute atomic E-state index is 11.2. The normalized spacial score (nSPS) is 9.47. The Morgan fingerprint density at radius 2 is 2.35 bits per heavy atom. The third kappa shape index (κ3) is 3.87. The molecule has 0 fully saturated rings. The number of halogens is 1. The number of aromatic carboxylic acids is 1. The molecule has 0 radical (unpaired) electrons. The molecule has 6 nitrogen and oxygen atoms in total. The molecule has 1 aromatic heterocycles. The summed E-state index contributed by atoms with van der Waals surface area (Å²) >= 11 is 3.04. The molecule has 1 rings (SSSR count). The van der Waals surface area contributed by atoms with E-state index in [-0.39, 0.29) is 18.0 Å². The van der Waals surface area contributed by atoms with Crippen molar-refractivity contribution in [3.8, 4) is 0 Å². The summed E-state index contributed by atoms with van der Waals surface area (Å²) in [5.74, 6) is -1.03. The minimum absolute atomic E-state index is 0.000907. The van der Waals surface area contributed by atoms with Gasteiger partial charge in [-0.15, -0.1) is 0 Å². The van der Waals surface area contributed by atoms with Crippen molar-refractivity contribution >= 4 is 33.8 Å². The first kappa shape index (κ1) is 13.2. The second kappa shape index (κ2) is 6.00. The van der Waals surface area contributed by atoms with Crippen LogP contribution in [-0.2, 0) is 4.74 Å². The van der Waals surface area contributed by atoms with E-state index in [2.05, 4.69) is 37.5 Å². The maximum Gasteiger partial charge on any atom is 0.413 e. The second-order valence-electron chi connectivity index (χ2n) is 2.87. The summed E-state index contributed by atoms with van der Waals surface area (Å²) in [6, 6.07) is 1.22. The zero-order chi connectivity index (χ0) is 12.8. The van der Waals surface area contributed by atoms with Crippen molar-refractivity contribution < 1.29 is 19.4 Å². The minimum Gasteiger partial charge on any atom is -0.478 e. The molecule has 1 aromatic rings. The summed E-state index contributed by atoms with van der Waals surface area (Å²) in [5.41, 5.74) is -0.000907. The number of ether oxygens (including phenoxy) is 1. The average molecular weight is 301 g/mol. The minimum atomic E-state index is -1.12. The van der Waals surface area contributed by atoms with E-state index in [9.17, 15) is 9.59 Å². The molecule has 1 heterocycles. The van der Waals surface area contributed by atoms with E-state index >= 15 is 0 Å². The van der Waals surface area contributed by atoms with Gasteiger partial charge in [0.05, 0.1) is 10.0 Å². The number of pyridine rings is 1. The van der Waals surface area contributed by atoms with E-state index in [1.54, 1.807) is 0 Å². The molecule has 0 aliphatic rings. The van der Waals surface area contributed by atoms with Crippen LogP contribution in [0.1, 0.15) is 10.4 Å². The molecule has 90 valence electrons. The molecule has 1 amide bonds. The van der Waals surface area contributed by atoms with E-state index in [1.807, 2.05) is 0 Å². The fourth-order valence-electron chi connectivity index (χ4n) is 0.946. The Hall–Kier alpha value is -1.89. The smallest absolute Gasteiger partial charge is 0.413 e. The fraction of sp³-hybridized carbons (Fsp3) is 0.100. The highest BCUT2D eigenvalue weighted by Gasteiger charge is 2.11. The third-order valence-corrected chi connectivity index (χ3v) is 2.28. The summed E-state index contributed by atoms with van der Waals surface area (Å²) in [6.45, 7) is 3.45. The lowest BCUT2D eigenvalue weighted by atomic mass is 10.2. The number of aromatic nitrogens is 1. The molecule has 0 unspecified atom stereocenters. The first-order chi connectivity index (χ1) is 8.04. The highest BCUT2D eigenvalue weighted by atomic mass is 79.9. The van der Waals surface area contributed by atoms with Gasteiger partial charge in [-0.05, 0) is 22.0 Å². The van der Waals surface area contributed by atoms with Crippen molar-refractivity contribution in [3.05, 3.63) is 35.0 Å². The van der Waals surface area contributed by atoms with Gasteiger partial charge in [-0.2, -0.15) is 0 Å². The zero-order valence-corrected chi connectivity index (χ0v) is 10.2. The SMILES string of the molecule is C=CCOC(=O)Nc1cc(C(=O)O)c(Br)cn1. The molecule has 0 saturated heterocycles. The number of nitrogens with zero attached hydrogens (tertiary/aromatic N) is 1. The van der Waals surface area contributed by atoms with E-state index in [0.717, 1.165) is 0 Å². The highest BCUT2D eigenvalue weighted by molar-refractivity contribution is 9.10. The van der Waals surface area contributed by atoms with E-state index < -0.39 is 12.1 Å². The van der Waals surface area contributed by atoms with Gasteiger partial charge in [0.15, 0.2) is 0 Å². The first-order valence-corrected chi connectivity index (χ1v) is 5.27. The van der Waals surface area contributed by atoms with Crippen LogP contribution in [0.4, 0.5) is 10.6 Å². The topological polar surface area (TPSA) is 88.5 Å². The predicted octanol–water partition coefficient (Wildman–Crippen LogP) is 2.28. The number of carbonyl (C=O) groups excluding carboxylic acids is 1. The van der Waals surface area contributed by atoms with Gasteiger partial charge < -0.3 is 9.84 Å². The van der Waals surface area contributed by atoms with Crippen LogP contribution in [-0.4, -0.2) is 28.8 Å². The van der Waals surface area contributed by atoms with Gasteiger partial charge in [-0.3, -0.25) is 5.32 Å². The average Bonchev–Trinajstić information content (AvgIpc) is 2.28. The second-order valence-corrected chi connectivity index (χ2v) is 3.72. The Labute approximate surface area is 105 Å². The van der Waals surface area contributed by atoms with Crippen molar-refractivity contribution in [2.45, 2.75) is 0 Å². The van der Waals surface area contributed by atoms with Crippen molar-refractivity contribution in [1.29, 1.82) is 0 Å². The Morgan fingerprint density at radius 3 is 2.94 bits per heavy atom. The van der Waals surface area contributed by atoms with Crippen LogP contribution in [0.2, 0.25) is 0 Å². The number of anilines is 1. The standard InChI is InChI=1S/C10H9BrN2O4/c1-2-3-17-10(16)13-8-4-6(9(14)15)7(11)5-12-8/h2,4-5H,1,3H2,(H,14,15)(H,12,13,16). The van der Waals surface area contributed by atoms with Gasteiger partial charge in [-0.25, -0.2) is 14.6 Å². The monoisotopic (exact) mass is 300 g/mol. The van der Waals surface area contributed by atoms with Crippen molar-refractivity contribution in [2.75, 3.05) is 11.9 Å². The number of amides is 1. The molecule has 0 aliphatic carbocycles. The first-order valence-electron chi connectivity index (χ1n) is 4.48. The van der Waals surface area contributed by atoms with Crippen LogP contribution < -0.4 is 5.32 Å². The van der Waals surface area contributed by atoms with Gasteiger partial charge in [0.2, 0.25) is 0 Å². The van der Waals surface area contributed by atoms with Gasteiger partial charge in [0.25, 0.3) is 0 Å². The summed E-state index contributed by atoms with van der Waals surface area (Å²) in [6.07, 6.45) is 1.97. The van der Waals surface area contributed by atoms with Crippen molar-refractivity contribution in [1.82, 2.24) is 4.98 Å². The van der Waals surface area contributed by atoms with E-state index in [4.69, 9.17) is 5.11 Å². The lowest BCUT2D eigenvalue weighted by molar-refractivity contribution is 0.0695. The maximum atomic E-state index is 11.2.